The normalized spacial score (nSPS) is 39.9. The summed E-state index contributed by atoms with van der Waals surface area (Å²) in [5, 5.41) is 0. The van der Waals surface area contributed by atoms with Gasteiger partial charge >= 0.3 is 0 Å². The van der Waals surface area contributed by atoms with Crippen LogP contribution >= 0.6 is 0 Å². The van der Waals surface area contributed by atoms with E-state index in [1.807, 2.05) is 0 Å². The lowest BCUT2D eigenvalue weighted by atomic mass is 10.1. The van der Waals surface area contributed by atoms with E-state index in [0.717, 1.165) is 0 Å². The molecule has 0 aromatic carbocycles. The van der Waals surface area contributed by atoms with Crippen molar-refractivity contribution in [2.24, 2.45) is 0 Å². The number of unbranched alkanes of at least 4 members (excludes halogenated alkanes) is 4. The van der Waals surface area contributed by atoms with Crippen LogP contribution in [0.4, 0.5) is 0 Å². The van der Waals surface area contributed by atoms with Crippen molar-refractivity contribution in [3.05, 3.63) is 0 Å². The Hall–Kier alpha value is 0.570. The third kappa shape index (κ3) is 3.81. The highest BCUT2D eigenvalue weighted by molar-refractivity contribution is 4.74. The zero-order valence-corrected chi connectivity index (χ0v) is 14.5. The van der Waals surface area contributed by atoms with E-state index in [2.05, 4.69) is 21.6 Å². The number of halogens is 1. The Labute approximate surface area is 135 Å². The molecule has 4 nitrogen and oxygen atoms in total. The van der Waals surface area contributed by atoms with Crippen LogP contribution in [0.3, 0.4) is 0 Å². The Morgan fingerprint density at radius 2 is 1.37 bits per heavy atom. The van der Waals surface area contributed by atoms with Gasteiger partial charge in [-0.1, -0.05) is 26.2 Å². The first-order valence-electron chi connectivity index (χ1n) is 7.82. The monoisotopic (exact) mass is 380 g/mol. The van der Waals surface area contributed by atoms with Crippen molar-refractivity contribution in [3.8, 4) is 0 Å². The summed E-state index contributed by atoms with van der Waals surface area (Å²) >= 11 is 0. The van der Waals surface area contributed by atoms with Gasteiger partial charge in [-0.3, -0.25) is 4.48 Å². The van der Waals surface area contributed by atoms with E-state index in [4.69, 9.17) is 0 Å². The third-order valence-electron chi connectivity index (χ3n) is 4.77. The Bertz CT molecular complexity index is 271. The molecule has 4 aliphatic rings. The number of quaternary nitrogens is 1. The molecule has 4 bridgehead atoms. The lowest BCUT2D eigenvalue weighted by molar-refractivity contribution is -0.968. The van der Waals surface area contributed by atoms with Crippen molar-refractivity contribution >= 4 is 0 Å². The van der Waals surface area contributed by atoms with Crippen molar-refractivity contribution in [1.82, 2.24) is 14.7 Å². The molecule has 4 heterocycles. The van der Waals surface area contributed by atoms with E-state index in [9.17, 15) is 0 Å². The molecular weight excluding hydrogens is 351 g/mol. The molecule has 112 valence electrons. The van der Waals surface area contributed by atoms with Gasteiger partial charge in [0.05, 0.1) is 19.9 Å². The van der Waals surface area contributed by atoms with Crippen LogP contribution in [0.1, 0.15) is 39.0 Å². The topological polar surface area (TPSA) is 9.72 Å². The highest BCUT2D eigenvalue weighted by Crippen LogP contribution is 2.26. The summed E-state index contributed by atoms with van der Waals surface area (Å²) in [4.78, 5) is 7.98. The summed E-state index contributed by atoms with van der Waals surface area (Å²) in [6.45, 7) is 12.6. The number of hydrogen-bond donors (Lipinski definition) is 0. The molecule has 0 aromatic heterocycles. The second-order valence-corrected chi connectivity index (χ2v) is 6.65. The lowest BCUT2D eigenvalue weighted by Gasteiger charge is -2.52. The average molecular weight is 380 g/mol. The predicted molar refractivity (Wildman–Crippen MR) is 73.5 cm³/mol. The summed E-state index contributed by atoms with van der Waals surface area (Å²) < 4.78 is 1.33. The smallest absolute Gasteiger partial charge is 0.139 e. The van der Waals surface area contributed by atoms with Crippen LogP contribution in [0.2, 0.25) is 0 Å². The van der Waals surface area contributed by atoms with E-state index in [0.29, 0.717) is 0 Å². The van der Waals surface area contributed by atoms with Crippen molar-refractivity contribution < 1.29 is 28.5 Å². The maximum Gasteiger partial charge on any atom is 0.139 e. The van der Waals surface area contributed by atoms with Crippen LogP contribution in [-0.2, 0) is 0 Å². The molecule has 0 aliphatic carbocycles. The summed E-state index contributed by atoms with van der Waals surface area (Å²) in [6.07, 6.45) is 7.08. The van der Waals surface area contributed by atoms with Crippen molar-refractivity contribution in [2.45, 2.75) is 39.0 Å². The van der Waals surface area contributed by atoms with Gasteiger partial charge in [0.2, 0.25) is 0 Å². The molecule has 0 radical (unpaired) electrons. The Morgan fingerprint density at radius 1 is 0.789 bits per heavy atom. The molecule has 0 N–H and O–H groups in total. The van der Waals surface area contributed by atoms with Crippen LogP contribution in [0.25, 0.3) is 0 Å². The van der Waals surface area contributed by atoms with Crippen molar-refractivity contribution in [3.63, 3.8) is 0 Å². The van der Waals surface area contributed by atoms with Gasteiger partial charge in [0, 0.05) is 13.1 Å². The molecule has 4 aliphatic heterocycles. The van der Waals surface area contributed by atoms with E-state index in [1.54, 1.807) is 0 Å². The van der Waals surface area contributed by atoms with Gasteiger partial charge in [0.15, 0.2) is 0 Å². The summed E-state index contributed by atoms with van der Waals surface area (Å²) in [6, 6.07) is 0. The zero-order valence-electron chi connectivity index (χ0n) is 12.4. The molecule has 2 unspecified atom stereocenters. The van der Waals surface area contributed by atoms with E-state index >= 15 is 0 Å². The van der Waals surface area contributed by atoms with Crippen LogP contribution in [-0.4, -0.2) is 72.2 Å². The quantitative estimate of drug-likeness (QED) is 0.316. The average Bonchev–Trinajstić information content (AvgIpc) is 2.55. The number of fused-ring (bicyclic) bond motifs is 1. The first kappa shape index (κ1) is 15.9. The van der Waals surface area contributed by atoms with E-state index in [1.165, 1.54) is 89.6 Å². The second kappa shape index (κ2) is 7.02. The number of hydrogen-bond acceptors (Lipinski definition) is 3. The fraction of sp³-hybridized carbons (Fsp3) is 1.00. The second-order valence-electron chi connectivity index (χ2n) is 6.65. The molecule has 0 spiro atoms. The molecule has 0 saturated carbocycles. The minimum Gasteiger partial charge on any atom is -1.00 e. The van der Waals surface area contributed by atoms with Gasteiger partial charge < -0.3 is 24.0 Å². The molecule has 0 amide bonds. The first-order valence-corrected chi connectivity index (χ1v) is 7.82. The Balaban J connectivity index is 0.00000133. The Morgan fingerprint density at radius 3 is 2.00 bits per heavy atom. The predicted octanol–water partition coefficient (Wildman–Crippen LogP) is -1.49. The van der Waals surface area contributed by atoms with Crippen LogP contribution < -0.4 is 24.0 Å². The number of rotatable bonds is 6. The largest absolute Gasteiger partial charge is 1.00 e. The molecule has 0 aromatic rings. The van der Waals surface area contributed by atoms with Crippen LogP contribution in [0.15, 0.2) is 0 Å². The summed E-state index contributed by atoms with van der Waals surface area (Å²) in [5.74, 6) is 0. The highest BCUT2D eigenvalue weighted by atomic mass is 127. The van der Waals surface area contributed by atoms with Gasteiger partial charge in [0.1, 0.15) is 20.0 Å². The van der Waals surface area contributed by atoms with Gasteiger partial charge in [-0.05, 0) is 12.8 Å². The van der Waals surface area contributed by atoms with Gasteiger partial charge in [-0.15, -0.1) is 0 Å². The molecule has 4 fully saturated rings. The number of nitrogens with zero attached hydrogens (tertiary/aromatic N) is 4. The highest BCUT2D eigenvalue weighted by Gasteiger charge is 2.45. The van der Waals surface area contributed by atoms with Crippen LogP contribution in [0.5, 0.6) is 0 Å². The maximum absolute atomic E-state index is 2.67. The Kier molecular flexibility index (Phi) is 5.90. The molecule has 4 rings (SSSR count). The first-order chi connectivity index (χ1) is 8.80. The van der Waals surface area contributed by atoms with Crippen molar-refractivity contribution in [2.75, 3.05) is 53.0 Å². The van der Waals surface area contributed by atoms with E-state index in [-0.39, 0.29) is 24.0 Å². The molecule has 19 heavy (non-hydrogen) atoms. The van der Waals surface area contributed by atoms with Gasteiger partial charge in [-0.25, -0.2) is 14.7 Å². The van der Waals surface area contributed by atoms with Crippen molar-refractivity contribution in [1.29, 1.82) is 0 Å². The minimum absolute atomic E-state index is 0. The fourth-order valence-electron chi connectivity index (χ4n) is 4.02. The summed E-state index contributed by atoms with van der Waals surface area (Å²) in [7, 11) is 0. The molecule has 4 saturated heterocycles. The molecule has 5 heteroatoms. The zero-order chi connectivity index (χ0) is 12.4. The standard InChI is InChI=1S/C14H29N4.HI/c1-2-3-4-5-6-9-18-12-15-7-8-16(13-18)11-17(10-15)14-18;/h2-14H2,1H3;1H/q+1;/p-1. The fourth-order valence-corrected chi connectivity index (χ4v) is 4.02. The minimum atomic E-state index is 0. The third-order valence-corrected chi connectivity index (χ3v) is 4.77. The lowest BCUT2D eigenvalue weighted by Crippen LogP contribution is -3.00. The summed E-state index contributed by atoms with van der Waals surface area (Å²) in [5.41, 5.74) is 0. The molecule has 2 atom stereocenters. The maximum atomic E-state index is 2.67. The van der Waals surface area contributed by atoms with Gasteiger partial charge in [0.25, 0.3) is 0 Å². The molecular formula is C14H29IN4. The van der Waals surface area contributed by atoms with Crippen LogP contribution in [0, 0.1) is 0 Å². The van der Waals surface area contributed by atoms with E-state index < -0.39 is 0 Å². The van der Waals surface area contributed by atoms with Gasteiger partial charge in [-0.2, -0.15) is 0 Å². The SMILES string of the molecule is CCCCCCC[N+]12CN3CCN(CN(C3)C1)C2.[I-].